The zero-order chi connectivity index (χ0) is 17.5. The highest BCUT2D eigenvalue weighted by Gasteiger charge is 2.20. The summed E-state index contributed by atoms with van der Waals surface area (Å²) in [5, 5.41) is 3.25. The Labute approximate surface area is 142 Å². The first-order valence-electron chi connectivity index (χ1n) is 8.25. The first kappa shape index (κ1) is 18.0. The van der Waals surface area contributed by atoms with Crippen LogP contribution in [0.15, 0.2) is 29.3 Å². The van der Waals surface area contributed by atoms with Crippen molar-refractivity contribution in [2.24, 2.45) is 4.99 Å². The van der Waals surface area contributed by atoms with Crippen LogP contribution in [0, 0.1) is 5.82 Å². The minimum Gasteiger partial charge on any atom is -0.368 e. The van der Waals surface area contributed by atoms with Gasteiger partial charge in [0.2, 0.25) is 5.91 Å². The van der Waals surface area contributed by atoms with Gasteiger partial charge in [-0.25, -0.2) is 9.38 Å². The van der Waals surface area contributed by atoms with E-state index in [0.717, 1.165) is 44.4 Å². The summed E-state index contributed by atoms with van der Waals surface area (Å²) >= 11 is 0. The lowest BCUT2D eigenvalue weighted by molar-refractivity contribution is -0.127. The highest BCUT2D eigenvalue weighted by molar-refractivity contribution is 5.85. The van der Waals surface area contributed by atoms with Crippen LogP contribution in [-0.2, 0) is 4.79 Å². The normalized spacial score (nSPS) is 15.4. The van der Waals surface area contributed by atoms with E-state index in [-0.39, 0.29) is 18.3 Å². The number of carbonyl (C=O) groups is 1. The quantitative estimate of drug-likeness (QED) is 0.659. The van der Waals surface area contributed by atoms with Gasteiger partial charge in [0.25, 0.3) is 0 Å². The van der Waals surface area contributed by atoms with Crippen LogP contribution in [0.25, 0.3) is 0 Å². The van der Waals surface area contributed by atoms with Gasteiger partial charge in [-0.2, -0.15) is 0 Å². The van der Waals surface area contributed by atoms with Crippen molar-refractivity contribution in [3.05, 3.63) is 30.1 Å². The van der Waals surface area contributed by atoms with Gasteiger partial charge in [-0.15, -0.1) is 0 Å². The molecule has 1 N–H and O–H groups in total. The summed E-state index contributed by atoms with van der Waals surface area (Å²) < 4.78 is 13.0. The Hall–Kier alpha value is -2.31. The molecule has 1 saturated heterocycles. The van der Waals surface area contributed by atoms with Crippen LogP contribution in [0.4, 0.5) is 10.1 Å². The smallest absolute Gasteiger partial charge is 0.243 e. The maximum Gasteiger partial charge on any atom is 0.243 e. The van der Waals surface area contributed by atoms with Gasteiger partial charge >= 0.3 is 0 Å². The van der Waals surface area contributed by atoms with Gasteiger partial charge < -0.3 is 20.0 Å². The van der Waals surface area contributed by atoms with Crippen molar-refractivity contribution in [1.82, 2.24) is 15.1 Å². The zero-order valence-electron chi connectivity index (χ0n) is 14.6. The van der Waals surface area contributed by atoms with Crippen LogP contribution in [-0.4, -0.2) is 75.0 Å². The maximum absolute atomic E-state index is 13.0. The number of aliphatic imine (C=N–C) groups is 1. The second kappa shape index (κ2) is 8.52. The van der Waals surface area contributed by atoms with Crippen molar-refractivity contribution < 1.29 is 9.18 Å². The summed E-state index contributed by atoms with van der Waals surface area (Å²) in [6.07, 6.45) is 0. The molecule has 1 aliphatic heterocycles. The van der Waals surface area contributed by atoms with E-state index in [0.29, 0.717) is 0 Å². The fourth-order valence-corrected chi connectivity index (χ4v) is 2.54. The predicted octanol–water partition coefficient (Wildman–Crippen LogP) is 1.00. The van der Waals surface area contributed by atoms with Crippen molar-refractivity contribution in [1.29, 1.82) is 0 Å². The van der Waals surface area contributed by atoms with Crippen LogP contribution in [0.3, 0.4) is 0 Å². The number of nitrogens with one attached hydrogen (secondary N) is 1. The molecule has 0 aromatic heterocycles. The Morgan fingerprint density at radius 2 is 1.83 bits per heavy atom. The van der Waals surface area contributed by atoms with Crippen molar-refractivity contribution in [3.63, 3.8) is 0 Å². The van der Waals surface area contributed by atoms with Gasteiger partial charge in [0.15, 0.2) is 5.96 Å². The Kier molecular flexibility index (Phi) is 6.40. The lowest BCUT2D eigenvalue weighted by Crippen LogP contribution is -2.52. The molecule has 0 bridgehead atoms. The molecule has 0 unspecified atom stereocenters. The molecule has 1 aromatic carbocycles. The molecule has 1 heterocycles. The summed E-state index contributed by atoms with van der Waals surface area (Å²) in [6.45, 7) is 6.19. The lowest BCUT2D eigenvalue weighted by Gasteiger charge is -2.37. The fourth-order valence-electron chi connectivity index (χ4n) is 2.54. The average molecular weight is 335 g/mol. The number of piperazine rings is 1. The van der Waals surface area contributed by atoms with E-state index in [1.165, 1.54) is 12.1 Å². The fraction of sp³-hybridized carbons (Fsp3) is 0.529. The molecule has 1 aliphatic rings. The van der Waals surface area contributed by atoms with Gasteiger partial charge in [-0.1, -0.05) is 0 Å². The maximum atomic E-state index is 13.0. The number of guanidine groups is 1. The Morgan fingerprint density at radius 1 is 1.21 bits per heavy atom. The molecule has 0 spiro atoms. The second-order valence-electron chi connectivity index (χ2n) is 5.91. The molecule has 2 rings (SSSR count). The standard InChI is InChI=1S/C17H26FN5O/c1-4-19-17(20-13-16(24)21(2)3)23-11-9-22(10-12-23)15-7-5-14(18)6-8-15/h5-8H,4,9-13H2,1-3H3,(H,19,20). The van der Waals surface area contributed by atoms with Crippen LogP contribution in [0.2, 0.25) is 0 Å². The lowest BCUT2D eigenvalue weighted by atomic mass is 10.2. The van der Waals surface area contributed by atoms with Crippen molar-refractivity contribution >= 4 is 17.6 Å². The van der Waals surface area contributed by atoms with E-state index in [4.69, 9.17) is 0 Å². The molecule has 0 aliphatic carbocycles. The minimum atomic E-state index is -0.218. The first-order valence-corrected chi connectivity index (χ1v) is 8.25. The highest BCUT2D eigenvalue weighted by Crippen LogP contribution is 2.16. The van der Waals surface area contributed by atoms with E-state index in [9.17, 15) is 9.18 Å². The molecule has 0 radical (unpaired) electrons. The third-order valence-corrected chi connectivity index (χ3v) is 3.97. The molecule has 132 valence electrons. The molecule has 24 heavy (non-hydrogen) atoms. The largest absolute Gasteiger partial charge is 0.368 e. The average Bonchev–Trinajstić information content (AvgIpc) is 2.59. The number of benzene rings is 1. The van der Waals surface area contributed by atoms with E-state index >= 15 is 0 Å². The summed E-state index contributed by atoms with van der Waals surface area (Å²) in [7, 11) is 3.46. The number of hydrogen-bond donors (Lipinski definition) is 1. The van der Waals surface area contributed by atoms with Crippen LogP contribution in [0.5, 0.6) is 0 Å². The van der Waals surface area contributed by atoms with Crippen molar-refractivity contribution in [2.75, 3.05) is 58.3 Å². The monoisotopic (exact) mass is 335 g/mol. The number of nitrogens with zero attached hydrogens (tertiary/aromatic N) is 4. The van der Waals surface area contributed by atoms with Crippen molar-refractivity contribution in [2.45, 2.75) is 6.92 Å². The molecule has 1 amide bonds. The third-order valence-electron chi connectivity index (χ3n) is 3.97. The number of anilines is 1. The second-order valence-corrected chi connectivity index (χ2v) is 5.91. The summed E-state index contributed by atoms with van der Waals surface area (Å²) in [6, 6.07) is 6.58. The molecule has 0 saturated carbocycles. The molecule has 1 aromatic rings. The topological polar surface area (TPSA) is 51.2 Å². The molecule has 1 fully saturated rings. The molecular weight excluding hydrogens is 309 g/mol. The molecule has 6 nitrogen and oxygen atoms in total. The predicted molar refractivity (Wildman–Crippen MR) is 94.9 cm³/mol. The Balaban J connectivity index is 1.95. The molecule has 7 heteroatoms. The molecule has 0 atom stereocenters. The van der Waals surface area contributed by atoms with Gasteiger partial charge in [-0.05, 0) is 31.2 Å². The van der Waals surface area contributed by atoms with Gasteiger partial charge in [-0.3, -0.25) is 4.79 Å². The Morgan fingerprint density at radius 3 is 2.38 bits per heavy atom. The van der Waals surface area contributed by atoms with Crippen LogP contribution in [0.1, 0.15) is 6.92 Å². The van der Waals surface area contributed by atoms with Gasteiger partial charge in [0, 0.05) is 52.5 Å². The number of halogens is 1. The van der Waals surface area contributed by atoms with Crippen molar-refractivity contribution in [3.8, 4) is 0 Å². The SMILES string of the molecule is CCNC(=NCC(=O)N(C)C)N1CCN(c2ccc(F)cc2)CC1. The summed E-state index contributed by atoms with van der Waals surface area (Å²) in [5.74, 6) is 0.534. The number of carbonyl (C=O) groups excluding carboxylic acids is 1. The highest BCUT2D eigenvalue weighted by atomic mass is 19.1. The minimum absolute atomic E-state index is 0.0182. The number of amides is 1. The first-order chi connectivity index (χ1) is 11.5. The Bertz CT molecular complexity index is 565. The van der Waals surface area contributed by atoms with E-state index < -0.39 is 0 Å². The van der Waals surface area contributed by atoms with Crippen LogP contribution >= 0.6 is 0 Å². The third kappa shape index (κ3) is 4.84. The number of rotatable bonds is 4. The summed E-state index contributed by atoms with van der Waals surface area (Å²) in [5.41, 5.74) is 1.03. The van der Waals surface area contributed by atoms with E-state index in [1.807, 2.05) is 6.92 Å². The zero-order valence-corrected chi connectivity index (χ0v) is 14.6. The molecular formula is C17H26FN5O. The van der Waals surface area contributed by atoms with Gasteiger partial charge in [0.1, 0.15) is 12.4 Å². The number of hydrogen-bond acceptors (Lipinski definition) is 3. The van der Waals surface area contributed by atoms with Gasteiger partial charge in [0.05, 0.1) is 0 Å². The van der Waals surface area contributed by atoms with Crippen LogP contribution < -0.4 is 10.2 Å². The number of likely N-dealkylation sites (N-methyl/N-ethyl adjacent to an activating group) is 1. The van der Waals surface area contributed by atoms with E-state index in [1.54, 1.807) is 31.1 Å². The summed E-state index contributed by atoms with van der Waals surface area (Å²) in [4.78, 5) is 22.1. The van der Waals surface area contributed by atoms with E-state index in [2.05, 4.69) is 20.1 Å².